The third kappa shape index (κ3) is 4.76. The van der Waals surface area contributed by atoms with E-state index in [4.69, 9.17) is 9.47 Å². The van der Waals surface area contributed by atoms with Crippen LogP contribution in [0.15, 0.2) is 46.9 Å². The molecule has 112 valence electrons. The van der Waals surface area contributed by atoms with Gasteiger partial charge in [0.05, 0.1) is 6.61 Å². The Morgan fingerprint density at radius 3 is 2.62 bits per heavy atom. The molecule has 0 fully saturated rings. The lowest BCUT2D eigenvalue weighted by Crippen LogP contribution is -2.12. The highest BCUT2D eigenvalue weighted by atomic mass is 79.9. The van der Waals surface area contributed by atoms with Crippen molar-refractivity contribution in [2.45, 2.75) is 20.4 Å². The van der Waals surface area contributed by atoms with Gasteiger partial charge in [-0.3, -0.25) is 0 Å². The van der Waals surface area contributed by atoms with Crippen LogP contribution in [0, 0.1) is 0 Å². The summed E-state index contributed by atoms with van der Waals surface area (Å²) < 4.78 is 12.6. The first-order chi connectivity index (χ1) is 10.2. The number of nitrogens with one attached hydrogen (secondary N) is 1. The number of rotatable bonds is 7. The van der Waals surface area contributed by atoms with Gasteiger partial charge in [-0.2, -0.15) is 0 Å². The van der Waals surface area contributed by atoms with E-state index in [-0.39, 0.29) is 0 Å². The van der Waals surface area contributed by atoms with Crippen LogP contribution in [-0.4, -0.2) is 13.2 Å². The topological polar surface area (TPSA) is 30.5 Å². The molecule has 0 saturated heterocycles. The van der Waals surface area contributed by atoms with Gasteiger partial charge in [-0.25, -0.2) is 0 Å². The van der Waals surface area contributed by atoms with Gasteiger partial charge < -0.3 is 14.8 Å². The highest BCUT2D eigenvalue weighted by Crippen LogP contribution is 2.30. The average Bonchev–Trinajstić information content (AvgIpc) is 2.48. The minimum Gasteiger partial charge on any atom is -0.494 e. The van der Waals surface area contributed by atoms with Gasteiger partial charge in [0.25, 0.3) is 0 Å². The molecule has 0 atom stereocenters. The number of hydrogen-bond acceptors (Lipinski definition) is 3. The molecule has 0 amide bonds. The van der Waals surface area contributed by atoms with Crippen LogP contribution in [-0.2, 0) is 6.54 Å². The highest BCUT2D eigenvalue weighted by molar-refractivity contribution is 9.10. The Balaban J connectivity index is 2.20. The van der Waals surface area contributed by atoms with Crippen molar-refractivity contribution in [3.05, 3.63) is 52.5 Å². The lowest BCUT2D eigenvalue weighted by Gasteiger charge is -2.13. The first-order valence-corrected chi connectivity index (χ1v) is 7.92. The van der Waals surface area contributed by atoms with Crippen LogP contribution in [0.4, 0.5) is 0 Å². The number of hydrogen-bond donors (Lipinski definition) is 1. The molecule has 0 unspecified atom stereocenters. The molecule has 0 saturated carbocycles. The van der Waals surface area contributed by atoms with Gasteiger partial charge in [-0.15, -0.1) is 0 Å². The Hall–Kier alpha value is -1.52. The fourth-order valence-corrected chi connectivity index (χ4v) is 2.38. The van der Waals surface area contributed by atoms with Crippen LogP contribution < -0.4 is 14.8 Å². The molecule has 2 aromatic rings. The van der Waals surface area contributed by atoms with Crippen molar-refractivity contribution >= 4 is 15.9 Å². The molecule has 0 aliphatic carbocycles. The predicted molar refractivity (Wildman–Crippen MR) is 89.2 cm³/mol. The minimum absolute atomic E-state index is 0.646. The van der Waals surface area contributed by atoms with Crippen molar-refractivity contribution in [2.75, 3.05) is 13.2 Å². The summed E-state index contributed by atoms with van der Waals surface area (Å²) in [5.41, 5.74) is 1.12. The van der Waals surface area contributed by atoms with Crippen LogP contribution in [0.5, 0.6) is 17.2 Å². The largest absolute Gasteiger partial charge is 0.494 e. The third-order valence-electron chi connectivity index (χ3n) is 2.93. The van der Waals surface area contributed by atoms with Crippen LogP contribution >= 0.6 is 15.9 Å². The molecule has 2 aromatic carbocycles. The summed E-state index contributed by atoms with van der Waals surface area (Å²) in [6.45, 7) is 6.40. The summed E-state index contributed by atoms with van der Waals surface area (Å²) in [6, 6.07) is 13.7. The van der Waals surface area contributed by atoms with E-state index in [0.717, 1.165) is 40.4 Å². The van der Waals surface area contributed by atoms with Gasteiger partial charge in [0.15, 0.2) is 0 Å². The Morgan fingerprint density at radius 2 is 1.86 bits per heavy atom. The lowest BCUT2D eigenvalue weighted by molar-refractivity contribution is 0.338. The summed E-state index contributed by atoms with van der Waals surface area (Å²) in [5.74, 6) is 2.45. The lowest BCUT2D eigenvalue weighted by atomic mass is 10.2. The Labute approximate surface area is 134 Å². The van der Waals surface area contributed by atoms with Gasteiger partial charge in [0, 0.05) is 22.6 Å². The van der Waals surface area contributed by atoms with E-state index in [1.54, 1.807) is 0 Å². The maximum absolute atomic E-state index is 6.01. The molecular weight excluding hydrogens is 330 g/mol. The summed E-state index contributed by atoms with van der Waals surface area (Å²) in [7, 11) is 0. The molecule has 0 radical (unpaired) electrons. The fraction of sp³-hybridized carbons (Fsp3) is 0.294. The maximum Gasteiger partial charge on any atom is 0.131 e. The van der Waals surface area contributed by atoms with E-state index in [9.17, 15) is 0 Å². The van der Waals surface area contributed by atoms with E-state index < -0.39 is 0 Å². The Kier molecular flexibility index (Phi) is 6.08. The van der Waals surface area contributed by atoms with Gasteiger partial charge in [-0.05, 0) is 43.8 Å². The standard InChI is InChI=1S/C17H20BrNO2/c1-3-19-12-13-10-14(18)8-9-17(13)21-16-7-5-6-15(11-16)20-4-2/h5-11,19H,3-4,12H2,1-2H3. The molecular formula is C17H20BrNO2. The first-order valence-electron chi connectivity index (χ1n) is 7.12. The summed E-state index contributed by atoms with van der Waals surface area (Å²) in [4.78, 5) is 0. The summed E-state index contributed by atoms with van der Waals surface area (Å²) in [5, 5.41) is 3.32. The summed E-state index contributed by atoms with van der Waals surface area (Å²) >= 11 is 3.50. The second kappa shape index (κ2) is 8.05. The minimum atomic E-state index is 0.646. The van der Waals surface area contributed by atoms with Gasteiger partial charge in [0.2, 0.25) is 0 Å². The van der Waals surface area contributed by atoms with Crippen molar-refractivity contribution in [1.29, 1.82) is 0 Å². The SMILES string of the molecule is CCNCc1cc(Br)ccc1Oc1cccc(OCC)c1. The molecule has 4 heteroatoms. The zero-order valence-electron chi connectivity index (χ0n) is 12.4. The molecule has 0 bridgehead atoms. The predicted octanol–water partition coefficient (Wildman–Crippen LogP) is 4.75. The molecule has 2 rings (SSSR count). The van der Waals surface area contributed by atoms with Gasteiger partial charge in [-0.1, -0.05) is 28.9 Å². The van der Waals surface area contributed by atoms with Gasteiger partial charge >= 0.3 is 0 Å². The second-order valence-electron chi connectivity index (χ2n) is 4.54. The van der Waals surface area contributed by atoms with Crippen molar-refractivity contribution in [3.8, 4) is 17.2 Å². The van der Waals surface area contributed by atoms with Crippen molar-refractivity contribution in [2.24, 2.45) is 0 Å². The molecule has 21 heavy (non-hydrogen) atoms. The molecule has 0 spiro atoms. The molecule has 0 heterocycles. The normalized spacial score (nSPS) is 10.4. The first kappa shape index (κ1) is 15.9. The number of halogens is 1. The molecule has 3 nitrogen and oxygen atoms in total. The van der Waals surface area contributed by atoms with Crippen molar-refractivity contribution < 1.29 is 9.47 Å². The number of benzene rings is 2. The zero-order chi connectivity index (χ0) is 15.1. The van der Waals surface area contributed by atoms with E-state index >= 15 is 0 Å². The third-order valence-corrected chi connectivity index (χ3v) is 3.43. The number of ether oxygens (including phenoxy) is 2. The fourth-order valence-electron chi connectivity index (χ4n) is 1.97. The smallest absolute Gasteiger partial charge is 0.131 e. The van der Waals surface area contributed by atoms with Crippen LogP contribution in [0.2, 0.25) is 0 Å². The molecule has 1 N–H and O–H groups in total. The monoisotopic (exact) mass is 349 g/mol. The van der Waals surface area contributed by atoms with Crippen LogP contribution in [0.25, 0.3) is 0 Å². The molecule has 0 aliphatic heterocycles. The second-order valence-corrected chi connectivity index (χ2v) is 5.46. The van der Waals surface area contributed by atoms with Gasteiger partial charge in [0.1, 0.15) is 17.2 Å². The van der Waals surface area contributed by atoms with Crippen LogP contribution in [0.3, 0.4) is 0 Å². The quantitative estimate of drug-likeness (QED) is 0.782. The van der Waals surface area contributed by atoms with E-state index in [2.05, 4.69) is 34.2 Å². The van der Waals surface area contributed by atoms with Crippen LogP contribution in [0.1, 0.15) is 19.4 Å². The summed E-state index contributed by atoms with van der Waals surface area (Å²) in [6.07, 6.45) is 0. The Morgan fingerprint density at radius 1 is 1.05 bits per heavy atom. The molecule has 0 aliphatic rings. The maximum atomic E-state index is 6.01. The van der Waals surface area contributed by atoms with E-state index in [1.807, 2.05) is 43.3 Å². The van der Waals surface area contributed by atoms with Crippen molar-refractivity contribution in [1.82, 2.24) is 5.32 Å². The average molecular weight is 350 g/mol. The van der Waals surface area contributed by atoms with Crippen molar-refractivity contribution in [3.63, 3.8) is 0 Å². The Bertz CT molecular complexity index is 587. The highest BCUT2D eigenvalue weighted by Gasteiger charge is 2.06. The van der Waals surface area contributed by atoms with E-state index in [1.165, 1.54) is 0 Å². The van der Waals surface area contributed by atoms with E-state index in [0.29, 0.717) is 6.61 Å². The zero-order valence-corrected chi connectivity index (χ0v) is 13.9. The molecule has 0 aromatic heterocycles.